The molecule has 33 heavy (non-hydrogen) atoms. The van der Waals surface area contributed by atoms with Crippen LogP contribution < -0.4 is 29.9 Å². The predicted octanol–water partition coefficient (Wildman–Crippen LogP) is 2.27. The van der Waals surface area contributed by atoms with E-state index in [0.717, 1.165) is 93.0 Å². The van der Waals surface area contributed by atoms with Crippen molar-refractivity contribution in [1.82, 2.24) is 5.32 Å². The Kier molecular flexibility index (Phi) is 6.55. The Labute approximate surface area is 194 Å². The molecule has 8 nitrogen and oxygen atoms in total. The number of nitrogens with one attached hydrogen (secondary N) is 2. The summed E-state index contributed by atoms with van der Waals surface area (Å²) in [5.74, 6) is 1.53. The summed E-state index contributed by atoms with van der Waals surface area (Å²) in [6.07, 6.45) is 0.893. The van der Waals surface area contributed by atoms with Crippen LogP contribution in [0.15, 0.2) is 36.4 Å². The first kappa shape index (κ1) is 21.9. The molecule has 1 unspecified atom stereocenters. The molecule has 2 N–H and O–H groups in total. The molecule has 1 amide bonds. The van der Waals surface area contributed by atoms with Crippen molar-refractivity contribution >= 4 is 23.0 Å². The van der Waals surface area contributed by atoms with Crippen LogP contribution in [0.1, 0.15) is 12.0 Å². The second-order valence-electron chi connectivity index (χ2n) is 8.65. The highest BCUT2D eigenvalue weighted by Crippen LogP contribution is 2.41. The molecule has 2 aromatic rings. The van der Waals surface area contributed by atoms with E-state index in [9.17, 15) is 4.79 Å². The molecule has 5 rings (SSSR count). The van der Waals surface area contributed by atoms with Crippen molar-refractivity contribution in [2.75, 3.05) is 74.7 Å². The van der Waals surface area contributed by atoms with Gasteiger partial charge in [0.15, 0.2) is 6.10 Å². The van der Waals surface area contributed by atoms with Gasteiger partial charge in [0.25, 0.3) is 5.91 Å². The summed E-state index contributed by atoms with van der Waals surface area (Å²) in [6, 6.07) is 12.1. The van der Waals surface area contributed by atoms with E-state index in [2.05, 4.69) is 20.4 Å². The van der Waals surface area contributed by atoms with E-state index in [-0.39, 0.29) is 5.91 Å². The zero-order valence-corrected chi connectivity index (χ0v) is 19.1. The molecule has 3 aliphatic heterocycles. The second-order valence-corrected chi connectivity index (χ2v) is 8.65. The van der Waals surface area contributed by atoms with Crippen LogP contribution in [0.25, 0.3) is 0 Å². The van der Waals surface area contributed by atoms with E-state index < -0.39 is 6.10 Å². The van der Waals surface area contributed by atoms with Crippen molar-refractivity contribution in [3.8, 4) is 11.5 Å². The Morgan fingerprint density at radius 1 is 1.06 bits per heavy atom. The molecule has 2 saturated heterocycles. The minimum absolute atomic E-state index is 0.109. The second kappa shape index (κ2) is 9.89. The van der Waals surface area contributed by atoms with E-state index in [4.69, 9.17) is 14.2 Å². The first-order valence-electron chi connectivity index (χ1n) is 11.8. The number of amides is 1. The van der Waals surface area contributed by atoms with E-state index in [1.54, 1.807) is 7.11 Å². The summed E-state index contributed by atoms with van der Waals surface area (Å²) >= 11 is 0. The molecular formula is C25H32N4O4. The Morgan fingerprint density at radius 2 is 1.82 bits per heavy atom. The number of methoxy groups -OCH3 is 1. The van der Waals surface area contributed by atoms with Gasteiger partial charge in [-0.05, 0) is 43.2 Å². The highest BCUT2D eigenvalue weighted by molar-refractivity contribution is 5.95. The summed E-state index contributed by atoms with van der Waals surface area (Å²) in [7, 11) is 1.69. The van der Waals surface area contributed by atoms with Crippen LogP contribution in [0.4, 0.5) is 17.1 Å². The number of carbonyl (C=O) groups excluding carboxylic acids is 1. The standard InChI is InChI=1S/C25H32N4O4/c1-31-21-16-18-2-7-23(33-24(18)22(17-21)29-10-8-26-9-11-29)25(30)27-19-3-5-20(6-4-19)28-12-14-32-15-13-28/h3-6,16-17,23,26H,2,7-15H2,1H3,(H,27,30). The fourth-order valence-corrected chi connectivity index (χ4v) is 4.70. The maximum Gasteiger partial charge on any atom is 0.265 e. The highest BCUT2D eigenvalue weighted by atomic mass is 16.5. The van der Waals surface area contributed by atoms with Crippen LogP contribution in [0.2, 0.25) is 0 Å². The van der Waals surface area contributed by atoms with Crippen LogP contribution in [-0.2, 0) is 16.0 Å². The Morgan fingerprint density at radius 3 is 2.55 bits per heavy atom. The van der Waals surface area contributed by atoms with Gasteiger partial charge < -0.3 is 34.6 Å². The molecule has 2 aromatic carbocycles. The summed E-state index contributed by atoms with van der Waals surface area (Å²) < 4.78 is 17.3. The van der Waals surface area contributed by atoms with Crippen molar-refractivity contribution in [1.29, 1.82) is 0 Å². The molecule has 0 saturated carbocycles. The Balaban J connectivity index is 1.28. The molecule has 8 heteroatoms. The molecule has 1 atom stereocenters. The van der Waals surface area contributed by atoms with Gasteiger partial charge in [0.1, 0.15) is 11.5 Å². The van der Waals surface area contributed by atoms with Gasteiger partial charge in [0, 0.05) is 62.3 Å². The topological polar surface area (TPSA) is 75.3 Å². The van der Waals surface area contributed by atoms with Crippen molar-refractivity contribution in [2.45, 2.75) is 18.9 Å². The number of anilines is 3. The number of ether oxygens (including phenoxy) is 3. The minimum Gasteiger partial charge on any atom is -0.497 e. The van der Waals surface area contributed by atoms with E-state index >= 15 is 0 Å². The normalized spacial score (nSPS) is 20.6. The number of aryl methyl sites for hydroxylation is 1. The van der Waals surface area contributed by atoms with Gasteiger partial charge in [0.05, 0.1) is 26.0 Å². The molecule has 3 aliphatic rings. The van der Waals surface area contributed by atoms with E-state index in [1.807, 2.05) is 36.4 Å². The lowest BCUT2D eigenvalue weighted by Crippen LogP contribution is -2.44. The lowest BCUT2D eigenvalue weighted by atomic mass is 9.99. The molecule has 0 aromatic heterocycles. The first-order chi connectivity index (χ1) is 16.2. The van der Waals surface area contributed by atoms with Crippen LogP contribution in [-0.4, -0.2) is 71.6 Å². The van der Waals surface area contributed by atoms with Crippen LogP contribution in [0.3, 0.4) is 0 Å². The maximum atomic E-state index is 13.1. The third-order valence-corrected chi connectivity index (χ3v) is 6.55. The molecule has 0 aliphatic carbocycles. The molecule has 3 heterocycles. The number of rotatable bonds is 5. The third-order valence-electron chi connectivity index (χ3n) is 6.55. The highest BCUT2D eigenvalue weighted by Gasteiger charge is 2.30. The van der Waals surface area contributed by atoms with Crippen molar-refractivity contribution in [3.05, 3.63) is 42.0 Å². The average molecular weight is 453 g/mol. The lowest BCUT2D eigenvalue weighted by Gasteiger charge is -2.34. The van der Waals surface area contributed by atoms with Crippen molar-refractivity contribution in [3.63, 3.8) is 0 Å². The summed E-state index contributed by atoms with van der Waals surface area (Å²) in [5, 5.41) is 6.42. The van der Waals surface area contributed by atoms with Gasteiger partial charge >= 0.3 is 0 Å². The van der Waals surface area contributed by atoms with Crippen molar-refractivity contribution < 1.29 is 19.0 Å². The van der Waals surface area contributed by atoms with Gasteiger partial charge in [-0.3, -0.25) is 4.79 Å². The fraction of sp³-hybridized carbons (Fsp3) is 0.480. The van der Waals surface area contributed by atoms with Crippen molar-refractivity contribution in [2.24, 2.45) is 0 Å². The Bertz CT molecular complexity index is 969. The lowest BCUT2D eigenvalue weighted by molar-refractivity contribution is -0.123. The third kappa shape index (κ3) is 4.86. The van der Waals surface area contributed by atoms with Gasteiger partial charge in [-0.15, -0.1) is 0 Å². The number of benzene rings is 2. The summed E-state index contributed by atoms with van der Waals surface area (Å²) in [4.78, 5) is 17.7. The van der Waals surface area contributed by atoms with Gasteiger partial charge in [-0.25, -0.2) is 0 Å². The predicted molar refractivity (Wildman–Crippen MR) is 129 cm³/mol. The molecular weight excluding hydrogens is 420 g/mol. The number of morpholine rings is 1. The zero-order valence-electron chi connectivity index (χ0n) is 19.1. The SMILES string of the molecule is COc1cc2c(c(N3CCNCC3)c1)OC(C(=O)Nc1ccc(N3CCOCC3)cc1)CC2. The molecule has 2 fully saturated rings. The van der Waals surface area contributed by atoms with E-state index in [0.29, 0.717) is 6.42 Å². The van der Waals surface area contributed by atoms with Gasteiger partial charge in [0.2, 0.25) is 0 Å². The number of nitrogens with zero attached hydrogens (tertiary/aromatic N) is 2. The number of hydrogen-bond donors (Lipinski definition) is 2. The summed E-state index contributed by atoms with van der Waals surface area (Å²) in [5.41, 5.74) is 4.04. The van der Waals surface area contributed by atoms with Gasteiger partial charge in [-0.1, -0.05) is 0 Å². The number of fused-ring (bicyclic) bond motifs is 1. The smallest absolute Gasteiger partial charge is 0.265 e. The zero-order chi connectivity index (χ0) is 22.6. The monoisotopic (exact) mass is 452 g/mol. The molecule has 0 bridgehead atoms. The number of carbonyl (C=O) groups is 1. The maximum absolute atomic E-state index is 13.1. The van der Waals surface area contributed by atoms with Crippen LogP contribution in [0, 0.1) is 0 Å². The van der Waals surface area contributed by atoms with Gasteiger partial charge in [-0.2, -0.15) is 0 Å². The average Bonchev–Trinajstić information content (AvgIpc) is 2.89. The fourth-order valence-electron chi connectivity index (χ4n) is 4.70. The number of piperazine rings is 1. The number of hydrogen-bond acceptors (Lipinski definition) is 7. The van der Waals surface area contributed by atoms with Crippen LogP contribution >= 0.6 is 0 Å². The molecule has 0 spiro atoms. The largest absolute Gasteiger partial charge is 0.497 e. The molecule has 176 valence electrons. The quantitative estimate of drug-likeness (QED) is 0.721. The van der Waals surface area contributed by atoms with Crippen LogP contribution in [0.5, 0.6) is 11.5 Å². The first-order valence-corrected chi connectivity index (χ1v) is 11.8. The Hall–Kier alpha value is -2.97. The van der Waals surface area contributed by atoms with E-state index in [1.165, 1.54) is 0 Å². The summed E-state index contributed by atoms with van der Waals surface area (Å²) in [6.45, 7) is 6.93. The molecule has 0 radical (unpaired) electrons. The minimum atomic E-state index is -0.522.